The molecule has 1 aliphatic rings. The molecule has 1 rings (SSSR count). The summed E-state index contributed by atoms with van der Waals surface area (Å²) in [6, 6.07) is 0. The Balaban J connectivity index is 2.42. The third-order valence-corrected chi connectivity index (χ3v) is 3.61. The zero-order chi connectivity index (χ0) is 9.90. The van der Waals surface area contributed by atoms with Crippen LogP contribution in [0, 0.1) is 5.92 Å². The molecule has 1 N–H and O–H groups in total. The van der Waals surface area contributed by atoms with Crippen molar-refractivity contribution in [1.29, 1.82) is 0 Å². The summed E-state index contributed by atoms with van der Waals surface area (Å²) in [5, 5.41) is 9.63. The van der Waals surface area contributed by atoms with E-state index in [4.69, 9.17) is 0 Å². The summed E-state index contributed by atoms with van der Waals surface area (Å²) in [6.07, 6.45) is 5.99. The van der Waals surface area contributed by atoms with Crippen LogP contribution >= 0.6 is 0 Å². The van der Waals surface area contributed by atoms with Crippen LogP contribution in [-0.4, -0.2) is 31.6 Å². The normalized spacial score (nSPS) is 22.9. The molecule has 0 bridgehead atoms. The van der Waals surface area contributed by atoms with Crippen molar-refractivity contribution in [3.8, 4) is 0 Å². The molecule has 0 saturated heterocycles. The van der Waals surface area contributed by atoms with E-state index in [9.17, 15) is 13.5 Å². The molecule has 0 aromatic heterocycles. The van der Waals surface area contributed by atoms with E-state index in [1.807, 2.05) is 0 Å². The Kier molecular flexibility index (Phi) is 3.74. The van der Waals surface area contributed by atoms with Gasteiger partial charge >= 0.3 is 0 Å². The molecule has 1 fully saturated rings. The molecule has 1 saturated carbocycles. The Morgan fingerprint density at radius 3 is 2.31 bits per heavy atom. The maximum atomic E-state index is 10.9. The molecule has 78 valence electrons. The van der Waals surface area contributed by atoms with Crippen molar-refractivity contribution in [3.63, 3.8) is 0 Å². The van der Waals surface area contributed by atoms with Crippen molar-refractivity contribution in [2.45, 2.75) is 38.2 Å². The van der Waals surface area contributed by atoms with Crippen molar-refractivity contribution in [2.24, 2.45) is 5.92 Å². The Bertz CT molecular complexity index is 240. The van der Waals surface area contributed by atoms with Crippen LogP contribution in [0.3, 0.4) is 0 Å². The Morgan fingerprint density at radius 2 is 1.85 bits per heavy atom. The molecule has 1 atom stereocenters. The van der Waals surface area contributed by atoms with Crippen molar-refractivity contribution < 1.29 is 13.5 Å². The zero-order valence-electron chi connectivity index (χ0n) is 8.07. The van der Waals surface area contributed by atoms with E-state index >= 15 is 0 Å². The van der Waals surface area contributed by atoms with E-state index in [0.29, 0.717) is 0 Å². The lowest BCUT2D eigenvalue weighted by Crippen LogP contribution is -2.29. The second kappa shape index (κ2) is 4.42. The minimum Gasteiger partial charge on any atom is -0.392 e. The third kappa shape index (κ3) is 4.09. The number of sulfone groups is 1. The van der Waals surface area contributed by atoms with Crippen molar-refractivity contribution in [2.75, 3.05) is 12.0 Å². The minimum absolute atomic E-state index is 0.0718. The predicted molar refractivity (Wildman–Crippen MR) is 52.3 cm³/mol. The lowest BCUT2D eigenvalue weighted by molar-refractivity contribution is 0.104. The Hall–Kier alpha value is -0.0900. The summed E-state index contributed by atoms with van der Waals surface area (Å²) < 4.78 is 21.8. The third-order valence-electron chi connectivity index (χ3n) is 2.67. The molecule has 0 spiro atoms. The lowest BCUT2D eigenvalue weighted by atomic mass is 9.86. The van der Waals surface area contributed by atoms with Crippen LogP contribution in [0.15, 0.2) is 0 Å². The van der Waals surface area contributed by atoms with Crippen LogP contribution in [0.5, 0.6) is 0 Å². The lowest BCUT2D eigenvalue weighted by Gasteiger charge is -2.25. The minimum atomic E-state index is -3.02. The largest absolute Gasteiger partial charge is 0.392 e. The first-order chi connectivity index (χ1) is 5.99. The highest BCUT2D eigenvalue weighted by Gasteiger charge is 2.24. The van der Waals surface area contributed by atoms with Gasteiger partial charge in [0.15, 0.2) is 0 Å². The Morgan fingerprint density at radius 1 is 1.31 bits per heavy atom. The van der Waals surface area contributed by atoms with E-state index in [2.05, 4.69) is 0 Å². The van der Waals surface area contributed by atoms with Gasteiger partial charge in [-0.25, -0.2) is 8.42 Å². The Labute approximate surface area is 80.1 Å². The first-order valence-corrected chi connectivity index (χ1v) is 6.91. The van der Waals surface area contributed by atoms with Gasteiger partial charge in [-0.3, -0.25) is 0 Å². The highest BCUT2D eigenvalue weighted by molar-refractivity contribution is 7.90. The molecule has 0 aliphatic heterocycles. The highest BCUT2D eigenvalue weighted by Crippen LogP contribution is 2.26. The van der Waals surface area contributed by atoms with Crippen LogP contribution in [0.4, 0.5) is 0 Å². The van der Waals surface area contributed by atoms with E-state index in [1.165, 1.54) is 12.7 Å². The van der Waals surface area contributed by atoms with E-state index in [1.54, 1.807) is 0 Å². The van der Waals surface area contributed by atoms with Gasteiger partial charge in [0, 0.05) is 6.26 Å². The molecule has 1 aliphatic carbocycles. The van der Waals surface area contributed by atoms with Crippen LogP contribution in [0.25, 0.3) is 0 Å². The SMILES string of the molecule is CS(=O)(=O)C[C@@H](O)C1CCCCC1. The first kappa shape index (κ1) is 11.0. The average Bonchev–Trinajstić information content (AvgIpc) is 2.03. The van der Waals surface area contributed by atoms with Crippen LogP contribution in [0.2, 0.25) is 0 Å². The van der Waals surface area contributed by atoms with Gasteiger partial charge in [0.1, 0.15) is 9.84 Å². The maximum absolute atomic E-state index is 10.9. The van der Waals surface area contributed by atoms with Gasteiger partial charge in [0.2, 0.25) is 0 Å². The fourth-order valence-electron chi connectivity index (χ4n) is 1.97. The first-order valence-electron chi connectivity index (χ1n) is 4.85. The molecule has 3 nitrogen and oxygen atoms in total. The molecule has 0 heterocycles. The fraction of sp³-hybridized carbons (Fsp3) is 1.00. The number of aliphatic hydroxyl groups is 1. The highest BCUT2D eigenvalue weighted by atomic mass is 32.2. The van der Waals surface area contributed by atoms with E-state index < -0.39 is 15.9 Å². The molecule has 13 heavy (non-hydrogen) atoms. The van der Waals surface area contributed by atoms with Crippen LogP contribution < -0.4 is 0 Å². The second-order valence-electron chi connectivity index (χ2n) is 4.06. The van der Waals surface area contributed by atoms with Gasteiger partial charge in [-0.15, -0.1) is 0 Å². The van der Waals surface area contributed by atoms with Crippen LogP contribution in [-0.2, 0) is 9.84 Å². The quantitative estimate of drug-likeness (QED) is 0.748. The smallest absolute Gasteiger partial charge is 0.150 e. The van der Waals surface area contributed by atoms with Gasteiger partial charge in [-0.2, -0.15) is 0 Å². The fourth-order valence-corrected chi connectivity index (χ4v) is 2.86. The molecule has 0 unspecified atom stereocenters. The molecule has 0 aromatic rings. The molecule has 0 radical (unpaired) electrons. The summed E-state index contributed by atoms with van der Waals surface area (Å²) in [5.74, 6) is 0.140. The van der Waals surface area contributed by atoms with Gasteiger partial charge in [-0.1, -0.05) is 19.3 Å². The second-order valence-corrected chi connectivity index (χ2v) is 6.24. The van der Waals surface area contributed by atoms with Crippen molar-refractivity contribution >= 4 is 9.84 Å². The topological polar surface area (TPSA) is 54.4 Å². The molecular weight excluding hydrogens is 188 g/mol. The monoisotopic (exact) mass is 206 g/mol. The zero-order valence-corrected chi connectivity index (χ0v) is 8.89. The maximum Gasteiger partial charge on any atom is 0.150 e. The standard InChI is InChI=1S/C9H18O3S/c1-13(11,12)7-9(10)8-5-3-2-4-6-8/h8-10H,2-7H2,1H3/t9-/m1/s1. The van der Waals surface area contributed by atoms with E-state index in [0.717, 1.165) is 25.7 Å². The number of hydrogen-bond acceptors (Lipinski definition) is 3. The van der Waals surface area contributed by atoms with Crippen molar-refractivity contribution in [1.82, 2.24) is 0 Å². The van der Waals surface area contributed by atoms with Gasteiger partial charge in [0.05, 0.1) is 11.9 Å². The molecule has 0 aromatic carbocycles. The van der Waals surface area contributed by atoms with Crippen molar-refractivity contribution in [3.05, 3.63) is 0 Å². The number of rotatable bonds is 3. The van der Waals surface area contributed by atoms with Gasteiger partial charge in [-0.05, 0) is 18.8 Å². The molecule has 0 amide bonds. The predicted octanol–water partition coefficient (Wildman–Crippen LogP) is 0.972. The summed E-state index contributed by atoms with van der Waals surface area (Å²) in [4.78, 5) is 0. The molecular formula is C9H18O3S. The van der Waals surface area contributed by atoms with Gasteiger partial charge in [0.25, 0.3) is 0 Å². The summed E-state index contributed by atoms with van der Waals surface area (Å²) in [6.45, 7) is 0. The number of aliphatic hydroxyl groups excluding tert-OH is 1. The summed E-state index contributed by atoms with van der Waals surface area (Å²) >= 11 is 0. The van der Waals surface area contributed by atoms with E-state index in [-0.39, 0.29) is 11.7 Å². The number of hydrogen-bond donors (Lipinski definition) is 1. The molecule has 4 heteroatoms. The van der Waals surface area contributed by atoms with Gasteiger partial charge < -0.3 is 5.11 Å². The average molecular weight is 206 g/mol. The summed E-state index contributed by atoms with van der Waals surface area (Å²) in [7, 11) is -3.02. The van der Waals surface area contributed by atoms with Crippen LogP contribution in [0.1, 0.15) is 32.1 Å². The summed E-state index contributed by atoms with van der Waals surface area (Å²) in [5.41, 5.74) is 0.